The minimum Gasteiger partial charge on any atom is -0.423 e. The molecule has 0 aromatic heterocycles. The molecule has 8 nitrogen and oxygen atoms in total. The maximum absolute atomic E-state index is 13.6. The van der Waals surface area contributed by atoms with E-state index in [-0.39, 0.29) is 21.9 Å². The number of carbonyl (C=O) groups is 5. The number of fused-ring (bicyclic) bond motifs is 1. The van der Waals surface area contributed by atoms with Gasteiger partial charge in [-0.25, -0.2) is 9.80 Å². The van der Waals surface area contributed by atoms with Crippen LogP contribution in [0.4, 0.5) is 0 Å². The van der Waals surface area contributed by atoms with Crippen LogP contribution in [0.3, 0.4) is 0 Å². The molecule has 2 aliphatic rings. The van der Waals surface area contributed by atoms with E-state index in [0.29, 0.717) is 18.4 Å². The number of ketones is 1. The Kier molecular flexibility index (Phi) is 7.80. The molecule has 2 fully saturated rings. The van der Waals surface area contributed by atoms with E-state index >= 15 is 0 Å². The number of hydrogen-bond donors (Lipinski definition) is 0. The Balaban J connectivity index is 1.37. The highest BCUT2D eigenvalue weighted by atomic mass is 35.5. The number of carbonyl (C=O) groups excluding carboxylic acids is 5. The van der Waals surface area contributed by atoms with Gasteiger partial charge in [-0.1, -0.05) is 54.3 Å². The molecule has 5 rings (SSSR count). The lowest BCUT2D eigenvalue weighted by Crippen LogP contribution is -2.52. The molecule has 1 saturated carbocycles. The number of aryl methyl sites for hydroxylation is 1. The van der Waals surface area contributed by atoms with Gasteiger partial charge in [0.05, 0.1) is 28.0 Å². The fourth-order valence-electron chi connectivity index (χ4n) is 5.18. The number of benzene rings is 3. The van der Waals surface area contributed by atoms with Crippen molar-refractivity contribution >= 4 is 41.1 Å². The standard InChI is InChI=1S/C31H27ClN2O6/c1-19-10-12-21(13-11-19)31(39)40-22-16-14-20(15-17-22)27(35)18-33(28(36)25-8-4-5-9-26(25)32)34-29(37)23-6-2-3-7-24(23)30(34)38/h4-5,8-17,23-24H,2-3,6-7,18H2,1H3/t23-,24-/m0/s1. The zero-order chi connectivity index (χ0) is 28.4. The molecule has 0 bridgehead atoms. The van der Waals surface area contributed by atoms with Crippen molar-refractivity contribution in [2.45, 2.75) is 32.6 Å². The van der Waals surface area contributed by atoms with Gasteiger partial charge in [0.25, 0.3) is 17.7 Å². The zero-order valence-corrected chi connectivity index (χ0v) is 22.6. The lowest BCUT2D eigenvalue weighted by molar-refractivity contribution is -0.154. The number of nitrogens with zero attached hydrogens (tertiary/aromatic N) is 2. The van der Waals surface area contributed by atoms with Gasteiger partial charge in [0.2, 0.25) is 0 Å². The predicted molar refractivity (Wildman–Crippen MR) is 147 cm³/mol. The van der Waals surface area contributed by atoms with Crippen molar-refractivity contribution < 1.29 is 28.7 Å². The predicted octanol–water partition coefficient (Wildman–Crippen LogP) is 5.28. The van der Waals surface area contributed by atoms with Gasteiger partial charge in [0, 0.05) is 5.56 Å². The first-order chi connectivity index (χ1) is 19.2. The van der Waals surface area contributed by atoms with Gasteiger partial charge in [0.15, 0.2) is 5.78 Å². The van der Waals surface area contributed by atoms with E-state index in [0.717, 1.165) is 28.4 Å². The Morgan fingerprint density at radius 3 is 2.02 bits per heavy atom. The topological polar surface area (TPSA) is 101 Å². The molecule has 0 spiro atoms. The summed E-state index contributed by atoms with van der Waals surface area (Å²) in [5, 5.41) is 1.90. The van der Waals surface area contributed by atoms with Gasteiger partial charge in [-0.05, 0) is 68.3 Å². The van der Waals surface area contributed by atoms with Crippen LogP contribution in [0.15, 0.2) is 72.8 Å². The second kappa shape index (κ2) is 11.4. The third kappa shape index (κ3) is 5.40. The number of esters is 1. The summed E-state index contributed by atoms with van der Waals surface area (Å²) in [7, 11) is 0. The van der Waals surface area contributed by atoms with Gasteiger partial charge < -0.3 is 4.74 Å². The third-order valence-electron chi connectivity index (χ3n) is 7.37. The van der Waals surface area contributed by atoms with E-state index in [1.165, 1.54) is 36.4 Å². The molecule has 40 heavy (non-hydrogen) atoms. The van der Waals surface area contributed by atoms with Crippen molar-refractivity contribution in [3.05, 3.63) is 100 Å². The van der Waals surface area contributed by atoms with E-state index in [1.54, 1.807) is 36.4 Å². The highest BCUT2D eigenvalue weighted by Gasteiger charge is 2.52. The largest absolute Gasteiger partial charge is 0.423 e. The lowest BCUT2D eigenvalue weighted by Gasteiger charge is -2.30. The van der Waals surface area contributed by atoms with Crippen molar-refractivity contribution in [3.63, 3.8) is 0 Å². The fraction of sp³-hybridized carbons (Fsp3) is 0.258. The Morgan fingerprint density at radius 2 is 1.43 bits per heavy atom. The minimum absolute atomic E-state index is 0.0748. The summed E-state index contributed by atoms with van der Waals surface area (Å²) in [4.78, 5) is 66.1. The van der Waals surface area contributed by atoms with Crippen molar-refractivity contribution in [1.82, 2.24) is 10.0 Å². The highest BCUT2D eigenvalue weighted by molar-refractivity contribution is 6.34. The van der Waals surface area contributed by atoms with E-state index in [9.17, 15) is 24.0 Å². The second-order valence-corrected chi connectivity index (χ2v) is 10.4. The Hall–Kier alpha value is -4.30. The zero-order valence-electron chi connectivity index (χ0n) is 21.8. The number of rotatable bonds is 7. The molecular weight excluding hydrogens is 532 g/mol. The summed E-state index contributed by atoms with van der Waals surface area (Å²) in [6.07, 6.45) is 2.78. The number of ether oxygens (including phenoxy) is 1. The second-order valence-electron chi connectivity index (χ2n) is 10.0. The first-order valence-electron chi connectivity index (χ1n) is 13.1. The van der Waals surface area contributed by atoms with Gasteiger partial charge in [-0.15, -0.1) is 0 Å². The van der Waals surface area contributed by atoms with Crippen LogP contribution in [-0.2, 0) is 9.59 Å². The number of hydrazine groups is 1. The Labute approximate surface area is 236 Å². The van der Waals surface area contributed by atoms with Gasteiger partial charge in [0.1, 0.15) is 12.3 Å². The molecule has 204 valence electrons. The van der Waals surface area contributed by atoms with Gasteiger partial charge in [-0.2, -0.15) is 5.01 Å². The molecule has 0 N–H and O–H groups in total. The number of imide groups is 1. The van der Waals surface area contributed by atoms with Crippen LogP contribution >= 0.6 is 11.6 Å². The van der Waals surface area contributed by atoms with E-state index in [4.69, 9.17) is 16.3 Å². The smallest absolute Gasteiger partial charge is 0.343 e. The van der Waals surface area contributed by atoms with E-state index in [2.05, 4.69) is 0 Å². The molecule has 1 saturated heterocycles. The van der Waals surface area contributed by atoms with Crippen molar-refractivity contribution in [2.75, 3.05) is 6.54 Å². The molecule has 2 atom stereocenters. The van der Waals surface area contributed by atoms with E-state index < -0.39 is 47.9 Å². The quantitative estimate of drug-likeness (QED) is 0.169. The average molecular weight is 559 g/mol. The van der Waals surface area contributed by atoms with Crippen LogP contribution in [0.25, 0.3) is 0 Å². The molecule has 3 aromatic carbocycles. The number of halogens is 1. The normalized spacial score (nSPS) is 18.3. The third-order valence-corrected chi connectivity index (χ3v) is 7.70. The van der Waals surface area contributed by atoms with Crippen LogP contribution in [0.5, 0.6) is 5.75 Å². The van der Waals surface area contributed by atoms with E-state index in [1.807, 2.05) is 6.92 Å². The van der Waals surface area contributed by atoms with Crippen LogP contribution < -0.4 is 4.74 Å². The van der Waals surface area contributed by atoms with Crippen LogP contribution in [-0.4, -0.2) is 46.0 Å². The SMILES string of the molecule is Cc1ccc(C(=O)Oc2ccc(C(=O)CN(C(=O)c3ccccc3Cl)N3C(=O)[C@H]4CCCC[C@@H]4C3=O)cc2)cc1. The van der Waals surface area contributed by atoms with Gasteiger partial charge in [-0.3, -0.25) is 19.2 Å². The van der Waals surface area contributed by atoms with Crippen molar-refractivity contribution in [2.24, 2.45) is 11.8 Å². The maximum atomic E-state index is 13.6. The molecule has 3 amide bonds. The maximum Gasteiger partial charge on any atom is 0.343 e. The molecule has 1 aliphatic heterocycles. The Bertz CT molecular complexity index is 1460. The van der Waals surface area contributed by atoms with Gasteiger partial charge >= 0.3 is 5.97 Å². The average Bonchev–Trinajstić information content (AvgIpc) is 3.21. The minimum atomic E-state index is -0.719. The molecule has 3 aromatic rings. The summed E-state index contributed by atoms with van der Waals surface area (Å²) in [6.45, 7) is 1.36. The summed E-state index contributed by atoms with van der Waals surface area (Å²) in [6, 6.07) is 19.1. The molecule has 1 aliphatic carbocycles. The number of Topliss-reactive ketones (excluding diaryl/α,β-unsaturated/α-hetero) is 1. The van der Waals surface area contributed by atoms with Crippen LogP contribution in [0, 0.1) is 18.8 Å². The van der Waals surface area contributed by atoms with Crippen LogP contribution in [0.2, 0.25) is 5.02 Å². The molecule has 9 heteroatoms. The van der Waals surface area contributed by atoms with Crippen molar-refractivity contribution in [1.29, 1.82) is 0 Å². The summed E-state index contributed by atoms with van der Waals surface area (Å²) in [5.74, 6) is -3.47. The number of hydrogen-bond acceptors (Lipinski definition) is 6. The molecule has 0 unspecified atom stereocenters. The Morgan fingerprint density at radius 1 is 0.850 bits per heavy atom. The summed E-state index contributed by atoms with van der Waals surface area (Å²) >= 11 is 6.27. The highest BCUT2D eigenvalue weighted by Crippen LogP contribution is 2.39. The number of amides is 3. The summed E-state index contributed by atoms with van der Waals surface area (Å²) < 4.78 is 5.40. The van der Waals surface area contributed by atoms with Crippen LogP contribution in [0.1, 0.15) is 62.3 Å². The molecule has 1 heterocycles. The van der Waals surface area contributed by atoms with Crippen molar-refractivity contribution in [3.8, 4) is 5.75 Å². The lowest BCUT2D eigenvalue weighted by atomic mass is 9.81. The first kappa shape index (κ1) is 27.3. The molecular formula is C31H27ClN2O6. The first-order valence-corrected chi connectivity index (χ1v) is 13.5. The fourth-order valence-corrected chi connectivity index (χ4v) is 5.40. The molecule has 0 radical (unpaired) electrons. The monoisotopic (exact) mass is 558 g/mol. The summed E-state index contributed by atoms with van der Waals surface area (Å²) in [5.41, 5.74) is 1.69.